The maximum Gasteiger partial charge on any atom is 0.156 e. The highest BCUT2D eigenvalue weighted by atomic mass is 35.5. The van der Waals surface area contributed by atoms with E-state index in [2.05, 4.69) is 75.4 Å². The van der Waals surface area contributed by atoms with Crippen LogP contribution in [0.2, 0.25) is 5.02 Å². The lowest BCUT2D eigenvalue weighted by atomic mass is 10.2. The highest BCUT2D eigenvalue weighted by molar-refractivity contribution is 6.96. The second-order valence-corrected chi connectivity index (χ2v) is 8.95. The maximum absolute atomic E-state index is 6.56. The van der Waals surface area contributed by atoms with Crippen molar-refractivity contribution in [2.75, 3.05) is 0 Å². The fourth-order valence-corrected chi connectivity index (χ4v) is 6.40. The Labute approximate surface area is 145 Å². The normalized spacial score (nSPS) is 11.0. The third-order valence-corrected chi connectivity index (χ3v) is 7.18. The van der Waals surface area contributed by atoms with E-state index in [1.54, 1.807) is 0 Å². The molecule has 0 heterocycles. The van der Waals surface area contributed by atoms with E-state index in [4.69, 9.17) is 11.6 Å². The fraction of sp³-hybridized carbons (Fsp3) is 0.143. The van der Waals surface area contributed by atoms with Crippen LogP contribution in [0.1, 0.15) is 16.7 Å². The van der Waals surface area contributed by atoms with Crippen LogP contribution in [-0.2, 0) is 0 Å². The van der Waals surface area contributed by atoms with Gasteiger partial charge in [-0.1, -0.05) is 99.3 Å². The monoisotopic (exact) mass is 335 g/mol. The Balaban J connectivity index is 2.24. The van der Waals surface area contributed by atoms with Crippen molar-refractivity contribution in [3.63, 3.8) is 0 Å². The van der Waals surface area contributed by atoms with Crippen LogP contribution >= 0.6 is 11.6 Å². The van der Waals surface area contributed by atoms with Crippen molar-refractivity contribution in [2.45, 2.75) is 20.8 Å². The van der Waals surface area contributed by atoms with Gasteiger partial charge in [0.25, 0.3) is 0 Å². The molecule has 0 saturated heterocycles. The molecule has 3 aromatic rings. The number of hydrogen-bond acceptors (Lipinski definition) is 0. The van der Waals surface area contributed by atoms with Gasteiger partial charge in [0.2, 0.25) is 0 Å². The molecule has 3 aromatic carbocycles. The van der Waals surface area contributed by atoms with Crippen LogP contribution < -0.4 is 15.6 Å². The van der Waals surface area contributed by atoms with E-state index in [0.29, 0.717) is 0 Å². The summed E-state index contributed by atoms with van der Waals surface area (Å²) < 4.78 is 0. The van der Waals surface area contributed by atoms with E-state index in [-0.39, 0.29) is 0 Å². The molecule has 0 aliphatic heterocycles. The number of aryl methyl sites for hydroxylation is 3. The van der Waals surface area contributed by atoms with E-state index in [9.17, 15) is 0 Å². The minimum absolute atomic E-state index is 0.863. The van der Waals surface area contributed by atoms with Crippen molar-refractivity contribution in [3.05, 3.63) is 88.4 Å². The van der Waals surface area contributed by atoms with Gasteiger partial charge in [-0.3, -0.25) is 0 Å². The Kier molecular flexibility index (Phi) is 4.70. The second kappa shape index (κ2) is 6.73. The topological polar surface area (TPSA) is 0 Å². The van der Waals surface area contributed by atoms with Crippen LogP contribution in [-0.4, -0.2) is 8.80 Å². The van der Waals surface area contributed by atoms with Gasteiger partial charge in [0.05, 0.1) is 0 Å². The predicted octanol–water partition coefficient (Wildman–Crippen LogP) is 3.78. The summed E-state index contributed by atoms with van der Waals surface area (Å²) in [7, 11) is -1.11. The smallest absolute Gasteiger partial charge is 0.0845 e. The third kappa shape index (κ3) is 3.57. The van der Waals surface area contributed by atoms with Crippen LogP contribution in [0.15, 0.2) is 66.7 Å². The van der Waals surface area contributed by atoms with Crippen LogP contribution in [0.25, 0.3) is 0 Å². The minimum atomic E-state index is -1.11. The van der Waals surface area contributed by atoms with Crippen LogP contribution in [0, 0.1) is 20.8 Å². The van der Waals surface area contributed by atoms with Gasteiger partial charge in [0, 0.05) is 5.02 Å². The molecule has 0 fully saturated rings. The molecule has 3 rings (SSSR count). The van der Waals surface area contributed by atoms with Crippen LogP contribution in [0.5, 0.6) is 0 Å². The maximum atomic E-state index is 6.56. The summed E-state index contributed by atoms with van der Waals surface area (Å²) in [4.78, 5) is 0. The molecule has 1 radical (unpaired) electrons. The lowest BCUT2D eigenvalue weighted by Gasteiger charge is -2.19. The lowest BCUT2D eigenvalue weighted by molar-refractivity contribution is 1.40. The summed E-state index contributed by atoms with van der Waals surface area (Å²) >= 11 is 6.56. The molecule has 0 N–H and O–H groups in total. The zero-order valence-electron chi connectivity index (χ0n) is 13.7. The lowest BCUT2D eigenvalue weighted by Crippen LogP contribution is -2.52. The first-order valence-corrected chi connectivity index (χ1v) is 9.70. The van der Waals surface area contributed by atoms with E-state index >= 15 is 0 Å². The van der Waals surface area contributed by atoms with Crippen molar-refractivity contribution < 1.29 is 0 Å². The third-order valence-electron chi connectivity index (χ3n) is 3.96. The predicted molar refractivity (Wildman–Crippen MR) is 103 cm³/mol. The van der Waals surface area contributed by atoms with Gasteiger partial charge in [0.1, 0.15) is 0 Å². The van der Waals surface area contributed by atoms with Crippen LogP contribution in [0.4, 0.5) is 0 Å². The molecule has 23 heavy (non-hydrogen) atoms. The van der Waals surface area contributed by atoms with Gasteiger partial charge in [-0.05, 0) is 32.0 Å². The molecule has 0 saturated carbocycles. The molecule has 0 unspecified atom stereocenters. The summed E-state index contributed by atoms with van der Waals surface area (Å²) in [6, 6.07) is 24.0. The molecular formula is C21H20ClSi. The SMILES string of the molecule is Cc1cccc([Si](c2cc(C)cc(C)c2)c2ccccc2Cl)c1. The average molecular weight is 336 g/mol. The summed E-state index contributed by atoms with van der Waals surface area (Å²) in [5.41, 5.74) is 3.91. The fourth-order valence-electron chi connectivity index (χ4n) is 3.06. The Morgan fingerprint density at radius 1 is 0.652 bits per heavy atom. The van der Waals surface area contributed by atoms with Gasteiger partial charge < -0.3 is 0 Å². The average Bonchev–Trinajstić information content (AvgIpc) is 2.49. The number of halogens is 1. The zero-order valence-corrected chi connectivity index (χ0v) is 15.5. The van der Waals surface area contributed by atoms with Crippen LogP contribution in [0.3, 0.4) is 0 Å². The molecule has 0 bridgehead atoms. The molecule has 0 aliphatic rings. The first-order chi connectivity index (χ1) is 11.0. The van der Waals surface area contributed by atoms with Crippen molar-refractivity contribution in [3.8, 4) is 0 Å². The molecule has 0 nitrogen and oxygen atoms in total. The molecule has 0 atom stereocenters. The van der Waals surface area contributed by atoms with E-state index in [1.165, 1.54) is 32.3 Å². The largest absolute Gasteiger partial charge is 0.156 e. The van der Waals surface area contributed by atoms with Gasteiger partial charge in [-0.15, -0.1) is 0 Å². The molecule has 0 amide bonds. The summed E-state index contributed by atoms with van der Waals surface area (Å²) in [6.45, 7) is 6.48. The van der Waals surface area contributed by atoms with Crippen molar-refractivity contribution in [1.29, 1.82) is 0 Å². The molecule has 115 valence electrons. The summed E-state index contributed by atoms with van der Waals surface area (Å²) in [5.74, 6) is 0. The molecule has 0 aliphatic carbocycles. The van der Waals surface area contributed by atoms with E-state index in [1.807, 2.05) is 12.1 Å². The van der Waals surface area contributed by atoms with Crippen molar-refractivity contribution in [1.82, 2.24) is 0 Å². The minimum Gasteiger partial charge on any atom is -0.0845 e. The molecular weight excluding hydrogens is 316 g/mol. The first kappa shape index (κ1) is 16.0. The quantitative estimate of drug-likeness (QED) is 0.505. The highest BCUT2D eigenvalue weighted by Gasteiger charge is 2.22. The van der Waals surface area contributed by atoms with E-state index < -0.39 is 8.80 Å². The van der Waals surface area contributed by atoms with Crippen molar-refractivity contribution >= 4 is 36.0 Å². The first-order valence-electron chi connectivity index (χ1n) is 7.82. The number of hydrogen-bond donors (Lipinski definition) is 0. The summed E-state index contributed by atoms with van der Waals surface area (Å²) in [6.07, 6.45) is 0. The number of rotatable bonds is 3. The van der Waals surface area contributed by atoms with E-state index in [0.717, 1.165) is 5.02 Å². The van der Waals surface area contributed by atoms with Gasteiger partial charge in [-0.2, -0.15) is 0 Å². The standard InChI is InChI=1S/C21H20ClSi/c1-15-7-6-8-18(12-15)23(21-10-5-4-9-20(21)22)19-13-16(2)11-17(3)14-19/h4-14H,1-3H3. The molecule has 2 heteroatoms. The zero-order chi connectivity index (χ0) is 16.4. The molecule has 0 spiro atoms. The molecule has 0 aromatic heterocycles. The Hall–Kier alpha value is -1.83. The Bertz CT molecular complexity index is 819. The van der Waals surface area contributed by atoms with Crippen molar-refractivity contribution in [2.24, 2.45) is 0 Å². The van der Waals surface area contributed by atoms with Gasteiger partial charge in [-0.25, -0.2) is 0 Å². The second-order valence-electron chi connectivity index (χ2n) is 6.10. The van der Waals surface area contributed by atoms with Gasteiger partial charge in [0.15, 0.2) is 8.80 Å². The van der Waals surface area contributed by atoms with Gasteiger partial charge >= 0.3 is 0 Å². The Morgan fingerprint density at radius 2 is 1.30 bits per heavy atom. The summed E-state index contributed by atoms with van der Waals surface area (Å²) in [5, 5.41) is 4.90. The highest BCUT2D eigenvalue weighted by Crippen LogP contribution is 2.09. The number of benzene rings is 3. The Morgan fingerprint density at radius 3 is 1.96 bits per heavy atom.